The Kier molecular flexibility index (Phi) is 8.01. The third-order valence-corrected chi connectivity index (χ3v) is 9.20. The summed E-state index contributed by atoms with van der Waals surface area (Å²) >= 11 is 0. The third kappa shape index (κ3) is 5.32. The van der Waals surface area contributed by atoms with Gasteiger partial charge < -0.3 is 27.2 Å². The molecule has 7 nitrogen and oxygen atoms in total. The van der Waals surface area contributed by atoms with Gasteiger partial charge in [0.05, 0.1) is 22.4 Å². The van der Waals surface area contributed by atoms with Gasteiger partial charge in [-0.15, -0.1) is 4.57 Å². The Morgan fingerprint density at radius 3 is 2.12 bits per heavy atom. The van der Waals surface area contributed by atoms with Crippen LogP contribution in [0.3, 0.4) is 0 Å². The van der Waals surface area contributed by atoms with Crippen LogP contribution in [0.4, 0.5) is 11.4 Å². The van der Waals surface area contributed by atoms with E-state index >= 15 is 0 Å². The molecule has 0 radical (unpaired) electrons. The average molecular weight is 663 g/mol. The molecule has 8 rings (SSSR count). The van der Waals surface area contributed by atoms with Gasteiger partial charge in [-0.25, -0.2) is 9.97 Å². The fourth-order valence-corrected chi connectivity index (χ4v) is 6.77. The number of hydrogen-bond acceptors (Lipinski definition) is 5. The number of nitrogens with zero attached hydrogens (tertiary/aromatic N) is 5. The molecule has 0 amide bonds. The van der Waals surface area contributed by atoms with Gasteiger partial charge in [-0.3, -0.25) is 4.79 Å². The van der Waals surface area contributed by atoms with Crippen LogP contribution in [0.25, 0.3) is 67.0 Å². The summed E-state index contributed by atoms with van der Waals surface area (Å²) in [6.07, 6.45) is 0. The third-order valence-electron chi connectivity index (χ3n) is 9.20. The van der Waals surface area contributed by atoms with Gasteiger partial charge in [-0.2, -0.15) is 0 Å². The van der Waals surface area contributed by atoms with Crippen LogP contribution in [0.5, 0.6) is 0 Å². The summed E-state index contributed by atoms with van der Waals surface area (Å²) in [5.74, 6) is 0. The van der Waals surface area contributed by atoms with E-state index in [-0.39, 0.29) is 17.8 Å². The first kappa shape index (κ1) is 31.8. The van der Waals surface area contributed by atoms with Crippen LogP contribution in [-0.2, 0) is 0 Å². The van der Waals surface area contributed by atoms with Crippen LogP contribution in [0.2, 0.25) is 0 Å². The van der Waals surface area contributed by atoms with Crippen molar-refractivity contribution >= 4 is 44.5 Å². The molecule has 2 aliphatic rings. The summed E-state index contributed by atoms with van der Waals surface area (Å²) in [5.41, 5.74) is 15.3. The monoisotopic (exact) mass is 662 g/mol. The molecule has 1 aromatic heterocycles. The highest BCUT2D eigenvalue weighted by atomic mass is 35.5. The Bertz CT molecular complexity index is 2560. The van der Waals surface area contributed by atoms with Gasteiger partial charge in [0.25, 0.3) is 0 Å². The standard InChI is InChI=1S/C41H34N6O.ClH/c1-25-18-33-38(46(28-12-8-6-9-13-28)37-20-27(42-3)16-17-32(37)43-33)22-30(25)31-21-35-39(23-36(31)45(4)5)47(29-14-10-7-11-15-29)40-24-41(48)26(2)19-34(40)44-35;/h6-24H,1-5H3;1H. The molecule has 5 aromatic carbocycles. The number of nitrogens with one attached hydrogen (secondary N) is 1. The Morgan fingerprint density at radius 2 is 1.41 bits per heavy atom. The van der Waals surface area contributed by atoms with Gasteiger partial charge in [0.2, 0.25) is 16.7 Å². The largest absolute Gasteiger partial charge is 1.00 e. The number of benzene rings is 6. The molecular weight excluding hydrogens is 628 g/mol. The smallest absolute Gasteiger partial charge is 0.239 e. The lowest BCUT2D eigenvalue weighted by Crippen LogP contribution is -3.00. The average Bonchev–Trinajstić information content (AvgIpc) is 3.10. The second kappa shape index (κ2) is 12.3. The molecule has 0 saturated carbocycles. The molecule has 0 fully saturated rings. The molecule has 0 atom stereocenters. The molecule has 242 valence electrons. The predicted molar refractivity (Wildman–Crippen MR) is 197 cm³/mol. The van der Waals surface area contributed by atoms with Crippen LogP contribution in [0, 0.1) is 13.8 Å². The van der Waals surface area contributed by atoms with Crippen molar-refractivity contribution < 1.29 is 17.0 Å². The second-order valence-electron chi connectivity index (χ2n) is 12.5. The van der Waals surface area contributed by atoms with E-state index in [1.165, 1.54) is 0 Å². The first-order valence-electron chi connectivity index (χ1n) is 16.1. The van der Waals surface area contributed by atoms with Crippen molar-refractivity contribution in [1.82, 2.24) is 14.5 Å². The fourth-order valence-electron chi connectivity index (χ4n) is 6.77. The molecule has 1 N–H and O–H groups in total. The SMILES string of the molecule is CNc1ccc2nc3cc(C)c(-c4cc5nc6cc(C)c(=O)cc-6n(-c6ccccc6)c5cc4N(C)C)cc3[n+](-c3ccccc3)c2c1.[Cl-]. The lowest BCUT2D eigenvalue weighted by molar-refractivity contribution is -0.538. The minimum atomic E-state index is -0.000680. The van der Waals surface area contributed by atoms with Gasteiger partial charge in [0.1, 0.15) is 11.0 Å². The number of hydrogen-bond donors (Lipinski definition) is 1. The number of anilines is 2. The summed E-state index contributed by atoms with van der Waals surface area (Å²) in [5, 5.41) is 3.29. The molecular formula is C41H35ClN6O. The van der Waals surface area contributed by atoms with Crippen molar-refractivity contribution in [2.45, 2.75) is 13.8 Å². The molecule has 49 heavy (non-hydrogen) atoms. The first-order chi connectivity index (χ1) is 23.3. The zero-order chi connectivity index (χ0) is 33.1. The van der Waals surface area contributed by atoms with Crippen LogP contribution >= 0.6 is 0 Å². The van der Waals surface area contributed by atoms with E-state index in [2.05, 4.69) is 119 Å². The number of fused-ring (bicyclic) bond motifs is 4. The summed E-state index contributed by atoms with van der Waals surface area (Å²) in [4.78, 5) is 25.4. The second-order valence-corrected chi connectivity index (χ2v) is 12.5. The van der Waals surface area contributed by atoms with Crippen LogP contribution in [0.15, 0.2) is 120 Å². The summed E-state index contributed by atoms with van der Waals surface area (Å²) < 4.78 is 4.46. The minimum Gasteiger partial charge on any atom is -1.00 e. The van der Waals surface area contributed by atoms with Gasteiger partial charge in [0.15, 0.2) is 5.43 Å². The van der Waals surface area contributed by atoms with E-state index in [4.69, 9.17) is 9.97 Å². The lowest BCUT2D eigenvalue weighted by Gasteiger charge is -2.24. The molecule has 0 unspecified atom stereocenters. The Labute approximate surface area is 290 Å². The van der Waals surface area contributed by atoms with Gasteiger partial charge in [-0.05, 0) is 79.1 Å². The van der Waals surface area contributed by atoms with Gasteiger partial charge in [-0.1, -0.05) is 36.4 Å². The van der Waals surface area contributed by atoms with E-state index in [0.29, 0.717) is 5.56 Å². The number of rotatable bonds is 5. The van der Waals surface area contributed by atoms with E-state index in [0.717, 1.165) is 83.9 Å². The van der Waals surface area contributed by atoms with Crippen LogP contribution in [0.1, 0.15) is 11.1 Å². The molecule has 1 aliphatic carbocycles. The maximum Gasteiger partial charge on any atom is 0.239 e. The lowest BCUT2D eigenvalue weighted by atomic mass is 9.96. The Balaban J connectivity index is 0.00000378. The van der Waals surface area contributed by atoms with Gasteiger partial charge in [0, 0.05) is 74.1 Å². The summed E-state index contributed by atoms with van der Waals surface area (Å²) in [6, 6.07) is 39.4. The van der Waals surface area contributed by atoms with E-state index < -0.39 is 0 Å². The maximum absolute atomic E-state index is 12.9. The van der Waals surface area contributed by atoms with Crippen molar-refractivity contribution in [2.24, 2.45) is 0 Å². The predicted octanol–water partition coefficient (Wildman–Crippen LogP) is 4.86. The Morgan fingerprint density at radius 1 is 0.694 bits per heavy atom. The van der Waals surface area contributed by atoms with E-state index in [1.54, 1.807) is 6.07 Å². The Hall–Kier alpha value is -5.79. The van der Waals surface area contributed by atoms with Crippen molar-refractivity contribution in [2.75, 3.05) is 31.4 Å². The number of para-hydroxylation sites is 2. The minimum absolute atomic E-state index is 0. The zero-order valence-corrected chi connectivity index (χ0v) is 28.7. The van der Waals surface area contributed by atoms with Crippen molar-refractivity contribution in [1.29, 1.82) is 0 Å². The molecule has 6 aromatic rings. The first-order valence-corrected chi connectivity index (χ1v) is 16.1. The van der Waals surface area contributed by atoms with E-state index in [9.17, 15) is 4.79 Å². The summed E-state index contributed by atoms with van der Waals surface area (Å²) in [7, 11) is 6.08. The topological polar surface area (TPSA) is 66.9 Å². The summed E-state index contributed by atoms with van der Waals surface area (Å²) in [6.45, 7) is 4.00. The molecule has 0 saturated heterocycles. The normalized spacial score (nSPS) is 11.3. The van der Waals surface area contributed by atoms with Crippen molar-refractivity contribution in [3.8, 4) is 33.9 Å². The molecule has 2 heterocycles. The van der Waals surface area contributed by atoms with Crippen molar-refractivity contribution in [3.05, 3.63) is 137 Å². The van der Waals surface area contributed by atoms with Crippen LogP contribution in [-0.4, -0.2) is 35.7 Å². The van der Waals surface area contributed by atoms with Gasteiger partial charge >= 0.3 is 0 Å². The number of aromatic nitrogens is 4. The molecule has 0 bridgehead atoms. The quantitative estimate of drug-likeness (QED) is 0.211. The van der Waals surface area contributed by atoms with Crippen molar-refractivity contribution in [3.63, 3.8) is 0 Å². The zero-order valence-electron chi connectivity index (χ0n) is 28.0. The fraction of sp³-hybridized carbons (Fsp3) is 0.122. The number of halogens is 1. The molecule has 8 heteroatoms. The maximum atomic E-state index is 12.9. The highest BCUT2D eigenvalue weighted by molar-refractivity contribution is 5.97. The molecule has 1 aliphatic heterocycles. The highest BCUT2D eigenvalue weighted by Crippen LogP contribution is 2.39. The number of aryl methyl sites for hydroxylation is 2. The molecule has 0 spiro atoms. The highest BCUT2D eigenvalue weighted by Gasteiger charge is 2.24. The van der Waals surface area contributed by atoms with Crippen LogP contribution < -0.4 is 32.6 Å². The van der Waals surface area contributed by atoms with E-state index in [1.807, 2.05) is 44.3 Å².